The molecule has 0 radical (unpaired) electrons. The lowest BCUT2D eigenvalue weighted by Gasteiger charge is -2.36. The van der Waals surface area contributed by atoms with Crippen molar-refractivity contribution in [2.24, 2.45) is 5.73 Å². The molecule has 4 N–H and O–H groups in total. The topological polar surface area (TPSA) is 100 Å². The number of alkyl halides is 3. The number of aliphatic hydroxyl groups excluding tert-OH is 1. The number of nitrogens with one attached hydrogen (secondary N) is 1. The highest BCUT2D eigenvalue weighted by Gasteiger charge is 2.33. The fraction of sp³-hybridized carbons (Fsp3) is 0.350. The van der Waals surface area contributed by atoms with Crippen molar-refractivity contribution in [1.29, 1.82) is 0 Å². The van der Waals surface area contributed by atoms with Gasteiger partial charge in [-0.25, -0.2) is 4.98 Å². The van der Waals surface area contributed by atoms with Crippen molar-refractivity contribution in [3.05, 3.63) is 52.8 Å². The van der Waals surface area contributed by atoms with Crippen LogP contribution < -0.4 is 16.0 Å². The molecule has 0 saturated carbocycles. The SMILES string of the molecule is Cc1c([C@@H](N)Nc2nnc(C)c3cnc(N4CC(O)C4)cc23)cccc1C(F)(F)F. The maximum absolute atomic E-state index is 13.2. The van der Waals surface area contributed by atoms with E-state index in [1.54, 1.807) is 19.2 Å². The number of fused-ring (bicyclic) bond motifs is 1. The molecule has 3 heterocycles. The maximum Gasteiger partial charge on any atom is 0.416 e. The number of aromatic nitrogens is 3. The molecule has 1 aliphatic rings. The molecule has 1 aliphatic heterocycles. The van der Waals surface area contributed by atoms with Crippen LogP contribution in [0.3, 0.4) is 0 Å². The normalized spacial score (nSPS) is 15.9. The van der Waals surface area contributed by atoms with Crippen LogP contribution in [0.5, 0.6) is 0 Å². The van der Waals surface area contributed by atoms with E-state index in [4.69, 9.17) is 5.73 Å². The summed E-state index contributed by atoms with van der Waals surface area (Å²) in [5.41, 5.74) is 6.54. The first-order valence-electron chi connectivity index (χ1n) is 9.40. The highest BCUT2D eigenvalue weighted by atomic mass is 19.4. The van der Waals surface area contributed by atoms with Crippen LogP contribution in [-0.2, 0) is 6.18 Å². The Morgan fingerprint density at radius 1 is 1.20 bits per heavy atom. The minimum absolute atomic E-state index is 0.0614. The fourth-order valence-corrected chi connectivity index (χ4v) is 3.61. The van der Waals surface area contributed by atoms with Crippen molar-refractivity contribution in [3.63, 3.8) is 0 Å². The molecule has 0 aliphatic carbocycles. The Bertz CT molecular complexity index is 1100. The van der Waals surface area contributed by atoms with Gasteiger partial charge in [-0.1, -0.05) is 12.1 Å². The minimum atomic E-state index is -4.46. The summed E-state index contributed by atoms with van der Waals surface area (Å²) in [6, 6.07) is 5.74. The Morgan fingerprint density at radius 2 is 1.93 bits per heavy atom. The van der Waals surface area contributed by atoms with Crippen LogP contribution in [0.2, 0.25) is 0 Å². The first-order chi connectivity index (χ1) is 14.1. The maximum atomic E-state index is 13.2. The monoisotopic (exact) mass is 418 g/mol. The van der Waals surface area contributed by atoms with E-state index in [0.29, 0.717) is 41.4 Å². The molecule has 0 unspecified atom stereocenters. The van der Waals surface area contributed by atoms with Crippen LogP contribution in [0.4, 0.5) is 24.8 Å². The standard InChI is InChI=1S/C20H21F3N6O/c1-10-13(4-3-5-16(10)20(21,22)23)18(24)26-19-14-6-17(29-8-12(30)9-29)25-7-15(14)11(2)27-28-19/h3-7,12,18,30H,8-9,24H2,1-2H3,(H,26,28)/t18-/m0/s1. The first-order valence-corrected chi connectivity index (χ1v) is 9.40. The molecule has 0 bridgehead atoms. The van der Waals surface area contributed by atoms with E-state index in [9.17, 15) is 18.3 Å². The second kappa shape index (κ2) is 7.37. The number of nitrogens with zero attached hydrogens (tertiary/aromatic N) is 4. The van der Waals surface area contributed by atoms with Crippen LogP contribution >= 0.6 is 0 Å². The molecule has 7 nitrogen and oxygen atoms in total. The molecule has 2 aromatic heterocycles. The third-order valence-electron chi connectivity index (χ3n) is 5.33. The molecule has 30 heavy (non-hydrogen) atoms. The summed E-state index contributed by atoms with van der Waals surface area (Å²) in [6.45, 7) is 4.17. The van der Waals surface area contributed by atoms with Crippen LogP contribution in [0.15, 0.2) is 30.5 Å². The molecule has 1 atom stereocenters. The number of hydrogen-bond donors (Lipinski definition) is 3. The number of benzene rings is 1. The Labute approximate surface area is 170 Å². The summed E-state index contributed by atoms with van der Waals surface area (Å²) in [6.07, 6.45) is -4.09. The number of halogens is 3. The lowest BCUT2D eigenvalue weighted by Crippen LogP contribution is -2.51. The zero-order valence-electron chi connectivity index (χ0n) is 16.4. The van der Waals surface area contributed by atoms with Crippen LogP contribution in [0.25, 0.3) is 10.8 Å². The molecule has 4 rings (SSSR count). The van der Waals surface area contributed by atoms with Crippen molar-refractivity contribution >= 4 is 22.4 Å². The number of rotatable bonds is 4. The molecular formula is C20H21F3N6O. The van der Waals surface area contributed by atoms with Gasteiger partial charge in [0.2, 0.25) is 0 Å². The summed E-state index contributed by atoms with van der Waals surface area (Å²) < 4.78 is 39.7. The molecule has 10 heteroatoms. The summed E-state index contributed by atoms with van der Waals surface area (Å²) in [5, 5.41) is 22.3. The van der Waals surface area contributed by atoms with E-state index < -0.39 is 17.9 Å². The van der Waals surface area contributed by atoms with Crippen molar-refractivity contribution in [2.75, 3.05) is 23.3 Å². The largest absolute Gasteiger partial charge is 0.416 e. The van der Waals surface area contributed by atoms with Gasteiger partial charge in [0.15, 0.2) is 5.82 Å². The molecule has 158 valence electrons. The van der Waals surface area contributed by atoms with Gasteiger partial charge in [-0.05, 0) is 37.1 Å². The van der Waals surface area contributed by atoms with Gasteiger partial charge in [-0.3, -0.25) is 0 Å². The van der Waals surface area contributed by atoms with Gasteiger partial charge < -0.3 is 21.1 Å². The van der Waals surface area contributed by atoms with Crippen LogP contribution in [0, 0.1) is 13.8 Å². The predicted molar refractivity (Wildman–Crippen MR) is 107 cm³/mol. The highest BCUT2D eigenvalue weighted by molar-refractivity contribution is 5.94. The molecule has 3 aromatic rings. The van der Waals surface area contributed by atoms with E-state index in [1.165, 1.54) is 13.0 Å². The van der Waals surface area contributed by atoms with E-state index in [0.717, 1.165) is 11.5 Å². The average Bonchev–Trinajstić information content (AvgIpc) is 2.66. The molecule has 1 saturated heterocycles. The second-order valence-corrected chi connectivity index (χ2v) is 7.42. The van der Waals surface area contributed by atoms with Crippen molar-refractivity contribution in [2.45, 2.75) is 32.3 Å². The summed E-state index contributed by atoms with van der Waals surface area (Å²) in [4.78, 5) is 6.34. The van der Waals surface area contributed by atoms with Crippen molar-refractivity contribution < 1.29 is 18.3 Å². The number of nitrogens with two attached hydrogens (primary N) is 1. The molecular weight excluding hydrogens is 397 g/mol. The van der Waals surface area contributed by atoms with Crippen LogP contribution in [-0.4, -0.2) is 39.5 Å². The third-order valence-corrected chi connectivity index (χ3v) is 5.33. The molecule has 1 fully saturated rings. The summed E-state index contributed by atoms with van der Waals surface area (Å²) in [5.74, 6) is 1.02. The van der Waals surface area contributed by atoms with Gasteiger partial charge in [-0.15, -0.1) is 5.10 Å². The number of β-amino-alcohol motifs (C(OH)–C–C–N with tert-alkyl or cyclic N) is 1. The van der Waals surface area contributed by atoms with Crippen molar-refractivity contribution in [3.8, 4) is 0 Å². The minimum Gasteiger partial charge on any atom is -0.389 e. The number of pyridine rings is 1. The van der Waals surface area contributed by atoms with Gasteiger partial charge in [0.1, 0.15) is 12.0 Å². The first kappa shape index (κ1) is 20.3. The highest BCUT2D eigenvalue weighted by Crippen LogP contribution is 2.35. The number of anilines is 2. The quantitative estimate of drug-likeness (QED) is 0.560. The Morgan fingerprint density at radius 3 is 2.60 bits per heavy atom. The Kier molecular flexibility index (Phi) is 4.99. The van der Waals surface area contributed by atoms with E-state index in [2.05, 4.69) is 20.5 Å². The third kappa shape index (κ3) is 3.63. The zero-order chi connectivity index (χ0) is 21.6. The van der Waals surface area contributed by atoms with E-state index >= 15 is 0 Å². The molecule has 0 spiro atoms. The van der Waals surface area contributed by atoms with E-state index in [-0.39, 0.29) is 11.7 Å². The Balaban J connectivity index is 1.70. The van der Waals surface area contributed by atoms with Gasteiger partial charge in [0.05, 0.1) is 17.4 Å². The zero-order valence-corrected chi connectivity index (χ0v) is 16.4. The van der Waals surface area contributed by atoms with Gasteiger partial charge in [0, 0.05) is 30.1 Å². The smallest absolute Gasteiger partial charge is 0.389 e. The fourth-order valence-electron chi connectivity index (χ4n) is 3.61. The number of aliphatic hydroxyl groups is 1. The van der Waals surface area contributed by atoms with Crippen LogP contribution in [0.1, 0.15) is 28.6 Å². The number of hydrogen-bond acceptors (Lipinski definition) is 7. The second-order valence-electron chi connectivity index (χ2n) is 7.42. The lowest BCUT2D eigenvalue weighted by molar-refractivity contribution is -0.138. The summed E-state index contributed by atoms with van der Waals surface area (Å²) >= 11 is 0. The molecule has 1 aromatic carbocycles. The predicted octanol–water partition coefficient (Wildman–Crippen LogP) is 2.91. The number of aryl methyl sites for hydroxylation is 1. The van der Waals surface area contributed by atoms with Gasteiger partial charge >= 0.3 is 6.18 Å². The Hall–Kier alpha value is -2.98. The van der Waals surface area contributed by atoms with E-state index in [1.807, 2.05) is 11.0 Å². The lowest BCUT2D eigenvalue weighted by atomic mass is 10.00. The van der Waals surface area contributed by atoms with Gasteiger partial charge in [0.25, 0.3) is 0 Å². The summed E-state index contributed by atoms with van der Waals surface area (Å²) in [7, 11) is 0. The van der Waals surface area contributed by atoms with Gasteiger partial charge in [-0.2, -0.15) is 18.3 Å². The molecule has 0 amide bonds. The average molecular weight is 418 g/mol. The van der Waals surface area contributed by atoms with Crippen molar-refractivity contribution in [1.82, 2.24) is 15.2 Å².